The SMILES string of the molecule is CC(=O)N1CCN(c2ncc(-c3ccccc3)cc2C#N)CC1. The van der Waals surface area contributed by atoms with Crippen LogP contribution in [0.2, 0.25) is 0 Å². The Bertz CT molecular complexity index is 743. The van der Waals surface area contributed by atoms with Crippen molar-refractivity contribution in [2.24, 2.45) is 0 Å². The Kier molecular flexibility index (Phi) is 4.24. The van der Waals surface area contributed by atoms with Gasteiger partial charge in [0.25, 0.3) is 0 Å². The molecule has 5 nitrogen and oxygen atoms in total. The first-order valence-corrected chi connectivity index (χ1v) is 7.65. The lowest BCUT2D eigenvalue weighted by atomic mass is 10.1. The third-order valence-corrected chi connectivity index (χ3v) is 4.12. The van der Waals surface area contributed by atoms with E-state index in [1.807, 2.05) is 47.5 Å². The van der Waals surface area contributed by atoms with Crippen molar-refractivity contribution >= 4 is 11.7 Å². The molecule has 1 amide bonds. The van der Waals surface area contributed by atoms with Gasteiger partial charge in [-0.05, 0) is 11.6 Å². The number of hydrogen-bond acceptors (Lipinski definition) is 4. The van der Waals surface area contributed by atoms with Gasteiger partial charge in [-0.25, -0.2) is 4.98 Å². The predicted octanol–water partition coefficient (Wildman–Crippen LogP) is 2.29. The van der Waals surface area contributed by atoms with Crippen LogP contribution in [0.5, 0.6) is 0 Å². The minimum absolute atomic E-state index is 0.0949. The summed E-state index contributed by atoms with van der Waals surface area (Å²) in [6.45, 7) is 4.33. The Morgan fingerprint density at radius 2 is 1.83 bits per heavy atom. The van der Waals surface area contributed by atoms with E-state index in [9.17, 15) is 10.1 Å². The molecule has 1 aliphatic rings. The zero-order valence-corrected chi connectivity index (χ0v) is 13.1. The largest absolute Gasteiger partial charge is 0.352 e. The molecule has 1 saturated heterocycles. The molecule has 0 atom stereocenters. The molecule has 1 aliphatic heterocycles. The fourth-order valence-corrected chi connectivity index (χ4v) is 2.81. The van der Waals surface area contributed by atoms with Crippen LogP contribution in [-0.2, 0) is 4.79 Å². The molecule has 0 N–H and O–H groups in total. The molecule has 0 saturated carbocycles. The maximum absolute atomic E-state index is 11.4. The van der Waals surface area contributed by atoms with Crippen molar-refractivity contribution in [2.45, 2.75) is 6.92 Å². The van der Waals surface area contributed by atoms with Gasteiger partial charge in [-0.15, -0.1) is 0 Å². The van der Waals surface area contributed by atoms with Crippen LogP contribution in [0, 0.1) is 11.3 Å². The van der Waals surface area contributed by atoms with Crippen molar-refractivity contribution in [1.82, 2.24) is 9.88 Å². The number of benzene rings is 1. The van der Waals surface area contributed by atoms with E-state index in [0.717, 1.165) is 11.1 Å². The lowest BCUT2D eigenvalue weighted by Crippen LogP contribution is -2.48. The minimum atomic E-state index is 0.0949. The van der Waals surface area contributed by atoms with Crippen LogP contribution in [-0.4, -0.2) is 42.0 Å². The van der Waals surface area contributed by atoms with Crippen molar-refractivity contribution in [3.63, 3.8) is 0 Å². The lowest BCUT2D eigenvalue weighted by Gasteiger charge is -2.35. The number of carbonyl (C=O) groups excluding carboxylic acids is 1. The number of aromatic nitrogens is 1. The summed E-state index contributed by atoms with van der Waals surface area (Å²) in [5.74, 6) is 0.799. The van der Waals surface area contributed by atoms with Crippen molar-refractivity contribution in [3.05, 3.63) is 48.2 Å². The van der Waals surface area contributed by atoms with Gasteiger partial charge in [-0.2, -0.15) is 5.26 Å². The van der Waals surface area contributed by atoms with Crippen LogP contribution in [0.3, 0.4) is 0 Å². The highest BCUT2D eigenvalue weighted by Gasteiger charge is 2.21. The standard InChI is InChI=1S/C18H18N4O/c1-14(23)21-7-9-22(10-8-21)18-16(12-19)11-17(13-20-18)15-5-3-2-4-6-15/h2-6,11,13H,7-10H2,1H3. The Morgan fingerprint density at radius 1 is 1.13 bits per heavy atom. The molecule has 116 valence electrons. The van der Waals surface area contributed by atoms with E-state index in [4.69, 9.17) is 0 Å². The molecule has 23 heavy (non-hydrogen) atoms. The number of hydrogen-bond donors (Lipinski definition) is 0. The van der Waals surface area contributed by atoms with E-state index < -0.39 is 0 Å². The topological polar surface area (TPSA) is 60.2 Å². The molecule has 0 spiro atoms. The summed E-state index contributed by atoms with van der Waals surface area (Å²) in [7, 11) is 0. The Hall–Kier alpha value is -2.87. The maximum atomic E-state index is 11.4. The summed E-state index contributed by atoms with van der Waals surface area (Å²) < 4.78 is 0. The first kappa shape index (κ1) is 15.0. The molecule has 0 radical (unpaired) electrons. The maximum Gasteiger partial charge on any atom is 0.219 e. The van der Waals surface area contributed by atoms with Crippen LogP contribution >= 0.6 is 0 Å². The Labute approximate surface area is 135 Å². The third-order valence-electron chi connectivity index (χ3n) is 4.12. The van der Waals surface area contributed by atoms with E-state index in [1.165, 1.54) is 0 Å². The molecule has 2 aromatic rings. The van der Waals surface area contributed by atoms with Gasteiger partial charge >= 0.3 is 0 Å². The molecule has 1 fully saturated rings. The first-order valence-electron chi connectivity index (χ1n) is 7.65. The third kappa shape index (κ3) is 3.16. The number of nitrogens with zero attached hydrogens (tertiary/aromatic N) is 4. The normalized spacial score (nSPS) is 14.4. The zero-order valence-electron chi connectivity index (χ0n) is 13.1. The van der Waals surface area contributed by atoms with Crippen molar-refractivity contribution in [1.29, 1.82) is 5.26 Å². The summed E-state index contributed by atoms with van der Waals surface area (Å²) in [5.41, 5.74) is 2.56. The number of piperazine rings is 1. The molecule has 5 heteroatoms. The Morgan fingerprint density at radius 3 is 2.43 bits per heavy atom. The summed E-state index contributed by atoms with van der Waals surface area (Å²) >= 11 is 0. The monoisotopic (exact) mass is 306 g/mol. The highest BCUT2D eigenvalue weighted by molar-refractivity contribution is 5.74. The number of carbonyl (C=O) groups is 1. The highest BCUT2D eigenvalue weighted by atomic mass is 16.2. The van der Waals surface area contributed by atoms with Crippen molar-refractivity contribution < 1.29 is 4.79 Å². The smallest absolute Gasteiger partial charge is 0.219 e. The van der Waals surface area contributed by atoms with Crippen LogP contribution < -0.4 is 4.90 Å². The van der Waals surface area contributed by atoms with Gasteiger partial charge in [-0.3, -0.25) is 4.79 Å². The van der Waals surface area contributed by atoms with Gasteiger partial charge in [0.05, 0.1) is 5.56 Å². The van der Waals surface area contributed by atoms with Crippen LogP contribution in [0.1, 0.15) is 12.5 Å². The van der Waals surface area contributed by atoms with Crippen molar-refractivity contribution in [3.8, 4) is 17.2 Å². The van der Waals surface area contributed by atoms with E-state index in [2.05, 4.69) is 16.0 Å². The van der Waals surface area contributed by atoms with E-state index in [0.29, 0.717) is 37.6 Å². The van der Waals surface area contributed by atoms with Gasteiger partial charge < -0.3 is 9.80 Å². The molecule has 2 heterocycles. The average Bonchev–Trinajstić information content (AvgIpc) is 2.62. The molecule has 0 unspecified atom stereocenters. The quantitative estimate of drug-likeness (QED) is 0.854. The van der Waals surface area contributed by atoms with Gasteiger partial charge in [0.1, 0.15) is 11.9 Å². The Balaban J connectivity index is 1.84. The predicted molar refractivity (Wildman–Crippen MR) is 88.9 cm³/mol. The van der Waals surface area contributed by atoms with E-state index in [-0.39, 0.29) is 5.91 Å². The van der Waals surface area contributed by atoms with Crippen LogP contribution in [0.4, 0.5) is 5.82 Å². The molecule has 1 aromatic carbocycles. The first-order chi connectivity index (χ1) is 11.2. The van der Waals surface area contributed by atoms with Crippen molar-refractivity contribution in [2.75, 3.05) is 31.1 Å². The fraction of sp³-hybridized carbons (Fsp3) is 0.278. The number of amides is 1. The summed E-state index contributed by atoms with van der Waals surface area (Å²) in [6.07, 6.45) is 1.81. The summed E-state index contributed by atoms with van der Waals surface area (Å²) in [6, 6.07) is 14.0. The van der Waals surface area contributed by atoms with Gasteiger partial charge in [0.2, 0.25) is 5.91 Å². The van der Waals surface area contributed by atoms with Gasteiger partial charge in [-0.1, -0.05) is 30.3 Å². The second kappa shape index (κ2) is 6.49. The lowest BCUT2D eigenvalue weighted by molar-refractivity contribution is -0.129. The minimum Gasteiger partial charge on any atom is -0.352 e. The van der Waals surface area contributed by atoms with Crippen LogP contribution in [0.15, 0.2) is 42.6 Å². The zero-order chi connectivity index (χ0) is 16.2. The summed E-state index contributed by atoms with van der Waals surface area (Å²) in [5, 5.41) is 9.48. The van der Waals surface area contributed by atoms with Gasteiger partial charge in [0.15, 0.2) is 0 Å². The molecular weight excluding hydrogens is 288 g/mol. The van der Waals surface area contributed by atoms with E-state index in [1.54, 1.807) is 6.92 Å². The van der Waals surface area contributed by atoms with Crippen LogP contribution in [0.25, 0.3) is 11.1 Å². The number of anilines is 1. The number of nitriles is 1. The fourth-order valence-electron chi connectivity index (χ4n) is 2.81. The molecule has 1 aromatic heterocycles. The number of pyridine rings is 1. The average molecular weight is 306 g/mol. The second-order valence-corrected chi connectivity index (χ2v) is 5.57. The molecular formula is C18H18N4O. The number of rotatable bonds is 2. The van der Waals surface area contributed by atoms with E-state index >= 15 is 0 Å². The second-order valence-electron chi connectivity index (χ2n) is 5.57. The molecule has 0 bridgehead atoms. The summed E-state index contributed by atoms with van der Waals surface area (Å²) in [4.78, 5) is 19.8. The highest BCUT2D eigenvalue weighted by Crippen LogP contribution is 2.25. The molecule has 0 aliphatic carbocycles. The van der Waals surface area contributed by atoms with Gasteiger partial charge in [0, 0.05) is 44.9 Å². The molecule has 3 rings (SSSR count).